The summed E-state index contributed by atoms with van der Waals surface area (Å²) in [7, 11) is 0. The summed E-state index contributed by atoms with van der Waals surface area (Å²) in [6.07, 6.45) is 1.65. The van der Waals surface area contributed by atoms with E-state index in [1.54, 1.807) is 24.4 Å². The molecule has 0 unspecified atom stereocenters. The number of nitrogens with one attached hydrogen (secondary N) is 1. The van der Waals surface area contributed by atoms with E-state index in [0.717, 1.165) is 5.39 Å². The summed E-state index contributed by atoms with van der Waals surface area (Å²) in [6.45, 7) is 0. The summed E-state index contributed by atoms with van der Waals surface area (Å²) in [5, 5.41) is 23.0. The van der Waals surface area contributed by atoms with Crippen molar-refractivity contribution in [2.45, 2.75) is 0 Å². The molecule has 1 heterocycles. The molecule has 3 aromatic rings. The molecule has 0 amide bonds. The van der Waals surface area contributed by atoms with Crippen LogP contribution in [0.3, 0.4) is 0 Å². The van der Waals surface area contributed by atoms with Gasteiger partial charge in [0.15, 0.2) is 0 Å². The third-order valence-corrected chi connectivity index (χ3v) is 3.28. The largest absolute Gasteiger partial charge is 0.478 e. The van der Waals surface area contributed by atoms with Gasteiger partial charge in [-0.15, -0.1) is 0 Å². The lowest BCUT2D eigenvalue weighted by Gasteiger charge is -2.10. The van der Waals surface area contributed by atoms with Crippen molar-refractivity contribution in [3.8, 4) is 6.07 Å². The molecule has 3 rings (SSSR count). The van der Waals surface area contributed by atoms with Gasteiger partial charge in [0.1, 0.15) is 5.82 Å². The van der Waals surface area contributed by atoms with Gasteiger partial charge in [-0.1, -0.05) is 18.2 Å². The Balaban J connectivity index is 2.10. The van der Waals surface area contributed by atoms with Gasteiger partial charge in [-0.05, 0) is 35.7 Å². The Labute approximate surface area is 126 Å². The Hall–Kier alpha value is -3.39. The van der Waals surface area contributed by atoms with E-state index < -0.39 is 5.97 Å². The van der Waals surface area contributed by atoms with Crippen LogP contribution in [0.25, 0.3) is 10.8 Å². The number of rotatable bonds is 3. The second-order valence-corrected chi connectivity index (χ2v) is 4.69. The van der Waals surface area contributed by atoms with Crippen molar-refractivity contribution < 1.29 is 9.90 Å². The third-order valence-electron chi connectivity index (χ3n) is 3.28. The third kappa shape index (κ3) is 2.45. The number of aromatic carboxylic acids is 1. The van der Waals surface area contributed by atoms with E-state index in [9.17, 15) is 10.1 Å². The lowest BCUT2D eigenvalue weighted by molar-refractivity contribution is 0.0697. The first kappa shape index (κ1) is 13.6. The number of nitrogens with zero attached hydrogens (tertiary/aromatic N) is 2. The molecule has 0 radical (unpaired) electrons. The highest BCUT2D eigenvalue weighted by Gasteiger charge is 2.09. The lowest BCUT2D eigenvalue weighted by atomic mass is 10.1. The Morgan fingerprint density at radius 2 is 2.00 bits per heavy atom. The van der Waals surface area contributed by atoms with E-state index in [4.69, 9.17) is 5.11 Å². The maximum absolute atomic E-state index is 11.0. The van der Waals surface area contributed by atoms with Crippen LogP contribution >= 0.6 is 0 Å². The highest BCUT2D eigenvalue weighted by Crippen LogP contribution is 2.27. The van der Waals surface area contributed by atoms with Crippen LogP contribution in [0.1, 0.15) is 15.9 Å². The van der Waals surface area contributed by atoms with Gasteiger partial charge in [-0.3, -0.25) is 0 Å². The maximum atomic E-state index is 11.0. The van der Waals surface area contributed by atoms with Crippen LogP contribution in [0.15, 0.2) is 54.7 Å². The number of anilines is 2. The van der Waals surface area contributed by atoms with Gasteiger partial charge in [-0.25, -0.2) is 9.78 Å². The first-order valence-electron chi connectivity index (χ1n) is 6.57. The zero-order valence-electron chi connectivity index (χ0n) is 11.4. The molecular formula is C17H11N3O2. The van der Waals surface area contributed by atoms with Gasteiger partial charge < -0.3 is 10.4 Å². The van der Waals surface area contributed by atoms with Gasteiger partial charge in [0, 0.05) is 17.3 Å². The van der Waals surface area contributed by atoms with Crippen molar-refractivity contribution in [1.82, 2.24) is 4.98 Å². The lowest BCUT2D eigenvalue weighted by Crippen LogP contribution is -1.99. The molecule has 2 N–H and O–H groups in total. The number of hydrogen-bond donors (Lipinski definition) is 2. The number of hydrogen-bond acceptors (Lipinski definition) is 4. The number of aromatic nitrogens is 1. The van der Waals surface area contributed by atoms with E-state index in [2.05, 4.69) is 16.4 Å². The number of benzene rings is 2. The minimum atomic E-state index is -0.993. The van der Waals surface area contributed by atoms with E-state index in [1.807, 2.05) is 18.2 Å². The predicted octanol–water partition coefficient (Wildman–Crippen LogP) is 3.55. The predicted molar refractivity (Wildman–Crippen MR) is 83.1 cm³/mol. The van der Waals surface area contributed by atoms with Gasteiger partial charge in [0.25, 0.3) is 0 Å². The van der Waals surface area contributed by atoms with Crippen molar-refractivity contribution in [3.05, 3.63) is 65.9 Å². The minimum absolute atomic E-state index is 0.186. The van der Waals surface area contributed by atoms with Crippen molar-refractivity contribution in [2.24, 2.45) is 0 Å². The quantitative estimate of drug-likeness (QED) is 0.770. The highest BCUT2D eigenvalue weighted by atomic mass is 16.4. The van der Waals surface area contributed by atoms with Crippen molar-refractivity contribution in [1.29, 1.82) is 5.26 Å². The average molecular weight is 289 g/mol. The van der Waals surface area contributed by atoms with E-state index >= 15 is 0 Å². The van der Waals surface area contributed by atoms with Crippen molar-refractivity contribution in [3.63, 3.8) is 0 Å². The molecule has 0 fully saturated rings. The molecule has 5 nitrogen and oxygen atoms in total. The molecule has 0 aliphatic heterocycles. The standard InChI is InChI=1S/C17H11N3O2/c18-10-13-5-1-3-11-7-8-19-16(15(11)13)20-14-6-2-4-12(9-14)17(21)22/h1-9H,(H,19,20)(H,21,22). The second-order valence-electron chi connectivity index (χ2n) is 4.69. The Bertz CT molecular complexity index is 908. The number of carboxylic acid groups (broad SMARTS) is 1. The number of carbonyl (C=O) groups is 1. The summed E-state index contributed by atoms with van der Waals surface area (Å²) in [6, 6.07) is 15.9. The first-order valence-corrected chi connectivity index (χ1v) is 6.57. The number of nitriles is 1. The molecule has 0 aliphatic carbocycles. The van der Waals surface area contributed by atoms with Crippen LogP contribution in [0.5, 0.6) is 0 Å². The number of fused-ring (bicyclic) bond motifs is 1. The summed E-state index contributed by atoms with van der Waals surface area (Å²) in [4.78, 5) is 15.3. The van der Waals surface area contributed by atoms with Gasteiger partial charge in [-0.2, -0.15) is 5.26 Å². The smallest absolute Gasteiger partial charge is 0.335 e. The normalized spacial score (nSPS) is 10.1. The van der Waals surface area contributed by atoms with Gasteiger partial charge >= 0.3 is 5.97 Å². The summed E-state index contributed by atoms with van der Waals surface area (Å²) in [5.41, 5.74) is 1.31. The summed E-state index contributed by atoms with van der Waals surface area (Å²) in [5.74, 6) is -0.468. The topological polar surface area (TPSA) is 86.0 Å². The zero-order valence-corrected chi connectivity index (χ0v) is 11.4. The minimum Gasteiger partial charge on any atom is -0.478 e. The van der Waals surface area contributed by atoms with Crippen LogP contribution in [0.2, 0.25) is 0 Å². The molecule has 0 aliphatic rings. The SMILES string of the molecule is N#Cc1cccc2ccnc(Nc3cccc(C(=O)O)c3)c12. The molecule has 2 aromatic carbocycles. The van der Waals surface area contributed by atoms with E-state index in [-0.39, 0.29) is 5.56 Å². The molecule has 5 heteroatoms. The Morgan fingerprint density at radius 1 is 1.18 bits per heavy atom. The van der Waals surface area contributed by atoms with Crippen LogP contribution in [-0.4, -0.2) is 16.1 Å². The molecule has 0 bridgehead atoms. The molecule has 22 heavy (non-hydrogen) atoms. The first-order chi connectivity index (χ1) is 10.7. The molecule has 106 valence electrons. The molecular weight excluding hydrogens is 278 g/mol. The summed E-state index contributed by atoms with van der Waals surface area (Å²) >= 11 is 0. The molecule has 0 saturated heterocycles. The van der Waals surface area contributed by atoms with Crippen LogP contribution in [0, 0.1) is 11.3 Å². The molecule has 0 atom stereocenters. The Morgan fingerprint density at radius 3 is 2.77 bits per heavy atom. The Kier molecular flexibility index (Phi) is 3.42. The molecule has 1 aromatic heterocycles. The van der Waals surface area contributed by atoms with Crippen LogP contribution in [-0.2, 0) is 0 Å². The number of pyridine rings is 1. The van der Waals surface area contributed by atoms with Crippen LogP contribution < -0.4 is 5.32 Å². The van der Waals surface area contributed by atoms with Crippen LogP contribution in [0.4, 0.5) is 11.5 Å². The van der Waals surface area contributed by atoms with Gasteiger partial charge in [0.05, 0.1) is 17.2 Å². The second kappa shape index (κ2) is 5.54. The van der Waals surface area contributed by atoms with Gasteiger partial charge in [0.2, 0.25) is 0 Å². The average Bonchev–Trinajstić information content (AvgIpc) is 2.54. The monoisotopic (exact) mass is 289 g/mol. The zero-order chi connectivity index (χ0) is 15.5. The summed E-state index contributed by atoms with van der Waals surface area (Å²) < 4.78 is 0. The fourth-order valence-electron chi connectivity index (χ4n) is 2.28. The molecule has 0 spiro atoms. The molecule has 0 saturated carbocycles. The fourth-order valence-corrected chi connectivity index (χ4v) is 2.28. The number of carboxylic acids is 1. The highest BCUT2D eigenvalue weighted by molar-refractivity contribution is 5.98. The van der Waals surface area contributed by atoms with Crippen molar-refractivity contribution in [2.75, 3.05) is 5.32 Å². The maximum Gasteiger partial charge on any atom is 0.335 e. The van der Waals surface area contributed by atoms with E-state index in [0.29, 0.717) is 22.5 Å². The van der Waals surface area contributed by atoms with E-state index in [1.165, 1.54) is 12.1 Å². The fraction of sp³-hybridized carbons (Fsp3) is 0. The van der Waals surface area contributed by atoms with Crippen molar-refractivity contribution >= 4 is 28.2 Å².